The van der Waals surface area contributed by atoms with Gasteiger partial charge in [-0.1, -0.05) is 11.8 Å². The summed E-state index contributed by atoms with van der Waals surface area (Å²) in [7, 11) is 0. The molecule has 1 amide bonds. The van der Waals surface area contributed by atoms with Gasteiger partial charge in [-0.3, -0.25) is 4.79 Å². The lowest BCUT2D eigenvalue weighted by molar-refractivity contribution is -0.113. The second-order valence-electron chi connectivity index (χ2n) is 5.97. The minimum atomic E-state index is -0.159. The van der Waals surface area contributed by atoms with Gasteiger partial charge < -0.3 is 15.9 Å². The van der Waals surface area contributed by atoms with Crippen LogP contribution in [0.1, 0.15) is 32.6 Å². The number of hydrazone groups is 1. The summed E-state index contributed by atoms with van der Waals surface area (Å²) in [5.41, 5.74) is 4.66. The van der Waals surface area contributed by atoms with Gasteiger partial charge in [0.25, 0.3) is 5.95 Å². The number of carbonyl (C=O) groups excluding carboxylic acids is 1. The van der Waals surface area contributed by atoms with Crippen molar-refractivity contribution in [1.29, 1.82) is 0 Å². The quantitative estimate of drug-likeness (QED) is 0.360. The number of nitrogen functional groups attached to an aromatic ring is 1. The lowest BCUT2D eigenvalue weighted by Gasteiger charge is -2.07. The number of hydrogen-bond donors (Lipinski definition) is 3. The van der Waals surface area contributed by atoms with E-state index in [1.165, 1.54) is 29.3 Å². The molecule has 9 nitrogen and oxygen atoms in total. The van der Waals surface area contributed by atoms with E-state index in [-0.39, 0.29) is 11.7 Å². The Hall–Kier alpha value is -2.75. The van der Waals surface area contributed by atoms with E-state index < -0.39 is 0 Å². The standard InChI is InChI=1S/C17H23N7O2S/c1-2-26-14-9-7-12(8-10-14)19-15(25)11-27-17-23-22-16(24(17)18)21-20-13-5-3-4-6-13/h7-10H,2-6,11,18H2,1H3,(H,19,25)(H,21,22). The number of nitrogens with two attached hydrogens (primary N) is 1. The molecule has 3 rings (SSSR count). The van der Waals surface area contributed by atoms with Gasteiger partial charge in [0, 0.05) is 11.4 Å². The Labute approximate surface area is 161 Å². The van der Waals surface area contributed by atoms with Crippen LogP contribution in [0.15, 0.2) is 34.5 Å². The summed E-state index contributed by atoms with van der Waals surface area (Å²) in [5, 5.41) is 15.5. The maximum Gasteiger partial charge on any atom is 0.264 e. The molecule has 0 aliphatic heterocycles. The first-order valence-electron chi connectivity index (χ1n) is 8.83. The summed E-state index contributed by atoms with van der Waals surface area (Å²) < 4.78 is 6.67. The molecule has 0 unspecified atom stereocenters. The molecule has 1 saturated carbocycles. The van der Waals surface area contributed by atoms with Crippen LogP contribution in [0, 0.1) is 0 Å². The monoisotopic (exact) mass is 389 g/mol. The third-order valence-corrected chi connectivity index (χ3v) is 4.88. The predicted octanol–water partition coefficient (Wildman–Crippen LogP) is 2.46. The molecule has 1 aromatic carbocycles. The summed E-state index contributed by atoms with van der Waals surface area (Å²) in [4.78, 5) is 12.1. The normalized spacial score (nSPS) is 13.4. The van der Waals surface area contributed by atoms with Gasteiger partial charge in [0.05, 0.1) is 12.4 Å². The van der Waals surface area contributed by atoms with Crippen molar-refractivity contribution in [3.8, 4) is 5.75 Å². The largest absolute Gasteiger partial charge is 0.494 e. The number of anilines is 2. The van der Waals surface area contributed by atoms with Gasteiger partial charge in [-0.25, -0.2) is 10.1 Å². The molecule has 0 atom stereocenters. The Morgan fingerprint density at radius 2 is 2.04 bits per heavy atom. The van der Waals surface area contributed by atoms with Crippen molar-refractivity contribution in [2.45, 2.75) is 37.8 Å². The van der Waals surface area contributed by atoms with E-state index in [1.807, 2.05) is 19.1 Å². The van der Waals surface area contributed by atoms with Crippen LogP contribution in [0.5, 0.6) is 5.75 Å². The number of aromatic nitrogens is 3. The van der Waals surface area contributed by atoms with Crippen LogP contribution in [-0.4, -0.2) is 38.9 Å². The Balaban J connectivity index is 1.49. The highest BCUT2D eigenvalue weighted by Crippen LogP contribution is 2.19. The lowest BCUT2D eigenvalue weighted by atomic mass is 10.3. The van der Waals surface area contributed by atoms with Gasteiger partial charge in [-0.2, -0.15) is 5.10 Å². The first kappa shape index (κ1) is 19.0. The number of carbonyl (C=O) groups is 1. The molecule has 1 fully saturated rings. The zero-order valence-corrected chi connectivity index (χ0v) is 16.0. The summed E-state index contributed by atoms with van der Waals surface area (Å²) >= 11 is 1.20. The topological polar surface area (TPSA) is 119 Å². The SMILES string of the molecule is CCOc1ccc(NC(=O)CSc2nnc(NN=C3CCCC3)n2N)cc1. The highest BCUT2D eigenvalue weighted by Gasteiger charge is 2.13. The van der Waals surface area contributed by atoms with Gasteiger partial charge in [-0.05, 0) is 56.9 Å². The van der Waals surface area contributed by atoms with Crippen LogP contribution in [0.2, 0.25) is 0 Å². The number of nitrogens with one attached hydrogen (secondary N) is 2. The van der Waals surface area contributed by atoms with Crippen LogP contribution in [0.25, 0.3) is 0 Å². The van der Waals surface area contributed by atoms with E-state index in [9.17, 15) is 4.79 Å². The van der Waals surface area contributed by atoms with E-state index in [0.29, 0.717) is 23.4 Å². The molecule has 27 heavy (non-hydrogen) atoms. The molecule has 1 aliphatic rings. The van der Waals surface area contributed by atoms with E-state index in [2.05, 4.69) is 26.0 Å². The molecular weight excluding hydrogens is 366 g/mol. The van der Waals surface area contributed by atoms with Crippen molar-refractivity contribution >= 4 is 35.0 Å². The molecule has 1 aromatic heterocycles. The van der Waals surface area contributed by atoms with Crippen molar-refractivity contribution in [3.05, 3.63) is 24.3 Å². The molecule has 0 spiro atoms. The van der Waals surface area contributed by atoms with Crippen molar-refractivity contribution in [1.82, 2.24) is 14.9 Å². The van der Waals surface area contributed by atoms with Crippen molar-refractivity contribution in [2.75, 3.05) is 28.9 Å². The smallest absolute Gasteiger partial charge is 0.264 e. The third-order valence-electron chi connectivity index (χ3n) is 3.94. The van der Waals surface area contributed by atoms with Crippen LogP contribution in [-0.2, 0) is 4.79 Å². The Morgan fingerprint density at radius 1 is 1.30 bits per heavy atom. The van der Waals surface area contributed by atoms with E-state index >= 15 is 0 Å². The minimum absolute atomic E-state index is 0.159. The van der Waals surface area contributed by atoms with Crippen molar-refractivity contribution in [3.63, 3.8) is 0 Å². The average Bonchev–Trinajstić information content (AvgIpc) is 3.30. The Morgan fingerprint density at radius 3 is 2.74 bits per heavy atom. The summed E-state index contributed by atoms with van der Waals surface area (Å²) in [5.74, 6) is 7.09. The fourth-order valence-electron chi connectivity index (χ4n) is 2.60. The number of rotatable bonds is 8. The van der Waals surface area contributed by atoms with Gasteiger partial charge in [-0.15, -0.1) is 10.2 Å². The van der Waals surface area contributed by atoms with Gasteiger partial charge >= 0.3 is 0 Å². The molecular formula is C17H23N7O2S. The van der Waals surface area contributed by atoms with Gasteiger partial charge in [0.2, 0.25) is 11.1 Å². The molecule has 4 N–H and O–H groups in total. The summed E-state index contributed by atoms with van der Waals surface area (Å²) in [6.07, 6.45) is 4.33. The first-order chi connectivity index (χ1) is 13.2. The fourth-order valence-corrected chi connectivity index (χ4v) is 3.26. The van der Waals surface area contributed by atoms with Crippen molar-refractivity contribution in [2.24, 2.45) is 5.10 Å². The third kappa shape index (κ3) is 5.36. The molecule has 0 saturated heterocycles. The van der Waals surface area contributed by atoms with E-state index in [1.54, 1.807) is 12.1 Å². The number of hydrogen-bond acceptors (Lipinski definition) is 8. The second kappa shape index (κ2) is 9.26. The van der Waals surface area contributed by atoms with Crippen LogP contribution in [0.4, 0.5) is 11.6 Å². The maximum absolute atomic E-state index is 12.1. The number of thioether (sulfide) groups is 1. The molecule has 144 valence electrons. The van der Waals surface area contributed by atoms with Gasteiger partial charge in [0.15, 0.2) is 0 Å². The van der Waals surface area contributed by atoms with Crippen LogP contribution >= 0.6 is 11.8 Å². The van der Waals surface area contributed by atoms with Crippen LogP contribution < -0.4 is 21.3 Å². The molecule has 2 aromatic rings. The molecule has 1 aliphatic carbocycles. The highest BCUT2D eigenvalue weighted by molar-refractivity contribution is 7.99. The zero-order chi connectivity index (χ0) is 19.1. The van der Waals surface area contributed by atoms with Gasteiger partial charge in [0.1, 0.15) is 5.75 Å². The Kier molecular flexibility index (Phi) is 6.53. The lowest BCUT2D eigenvalue weighted by Crippen LogP contribution is -2.17. The zero-order valence-electron chi connectivity index (χ0n) is 15.1. The van der Waals surface area contributed by atoms with E-state index in [0.717, 1.165) is 24.3 Å². The fraction of sp³-hybridized carbons (Fsp3) is 0.412. The highest BCUT2D eigenvalue weighted by atomic mass is 32.2. The number of amides is 1. The summed E-state index contributed by atoms with van der Waals surface area (Å²) in [6, 6.07) is 7.21. The first-order valence-corrected chi connectivity index (χ1v) is 9.81. The second-order valence-corrected chi connectivity index (χ2v) is 6.91. The Bertz CT molecular complexity index is 796. The number of nitrogens with zero attached hydrogens (tertiary/aromatic N) is 4. The molecule has 0 bridgehead atoms. The van der Waals surface area contributed by atoms with E-state index in [4.69, 9.17) is 10.6 Å². The predicted molar refractivity (Wildman–Crippen MR) is 107 cm³/mol. The maximum atomic E-state index is 12.1. The minimum Gasteiger partial charge on any atom is -0.494 e. The molecule has 1 heterocycles. The average molecular weight is 389 g/mol. The number of ether oxygens (including phenoxy) is 1. The summed E-state index contributed by atoms with van der Waals surface area (Å²) in [6.45, 7) is 2.53. The molecule has 0 radical (unpaired) electrons. The van der Waals surface area contributed by atoms with Crippen LogP contribution in [0.3, 0.4) is 0 Å². The molecule has 10 heteroatoms. The number of benzene rings is 1. The van der Waals surface area contributed by atoms with Crippen molar-refractivity contribution < 1.29 is 9.53 Å².